The number of azo groups is 1. The quantitative estimate of drug-likeness (QED) is 0.367. The van der Waals surface area contributed by atoms with Gasteiger partial charge < -0.3 is 15.0 Å². The molecule has 0 unspecified atom stereocenters. The highest BCUT2D eigenvalue weighted by molar-refractivity contribution is 6.33. The fourth-order valence-electron chi connectivity index (χ4n) is 3.52. The van der Waals surface area contributed by atoms with Crippen molar-refractivity contribution < 1.29 is 14.7 Å². The van der Waals surface area contributed by atoms with E-state index in [1.807, 2.05) is 54.6 Å². The molecule has 0 fully saturated rings. The molecule has 8 heteroatoms. The van der Waals surface area contributed by atoms with E-state index in [9.17, 15) is 14.7 Å². The van der Waals surface area contributed by atoms with E-state index < -0.39 is 11.8 Å². The summed E-state index contributed by atoms with van der Waals surface area (Å²) in [6.45, 7) is 0.189. The van der Waals surface area contributed by atoms with E-state index >= 15 is 0 Å². The van der Waals surface area contributed by atoms with E-state index in [4.69, 9.17) is 11.6 Å². The molecule has 1 aromatic heterocycles. The third-order valence-electron chi connectivity index (χ3n) is 5.16. The second-order valence-electron chi connectivity index (χ2n) is 7.33. The minimum absolute atomic E-state index is 0.0659. The van der Waals surface area contributed by atoms with Crippen LogP contribution in [0, 0.1) is 0 Å². The van der Waals surface area contributed by atoms with Gasteiger partial charge in [-0.2, -0.15) is 0 Å². The summed E-state index contributed by atoms with van der Waals surface area (Å²) in [5.41, 5.74) is 2.41. The summed E-state index contributed by atoms with van der Waals surface area (Å²) < 4.78 is 1.75. The summed E-state index contributed by atoms with van der Waals surface area (Å²) >= 11 is 6.00. The Morgan fingerprint density at radius 2 is 1.64 bits per heavy atom. The number of carbonyl (C=O) groups excluding carboxylic acids is 2. The van der Waals surface area contributed by atoms with Gasteiger partial charge in [0.1, 0.15) is 6.54 Å². The molecule has 1 heterocycles. The number of nitrogens with zero attached hydrogens (tertiary/aromatic N) is 3. The maximum Gasteiger partial charge on any atom is 0.283 e. The number of para-hydroxylation sites is 1. The Morgan fingerprint density at radius 1 is 0.939 bits per heavy atom. The van der Waals surface area contributed by atoms with Crippen LogP contribution in [0.1, 0.15) is 15.9 Å². The molecule has 33 heavy (non-hydrogen) atoms. The first kappa shape index (κ1) is 22.2. The molecule has 0 spiro atoms. The van der Waals surface area contributed by atoms with Gasteiger partial charge in [-0.1, -0.05) is 72.3 Å². The van der Waals surface area contributed by atoms with Crippen molar-refractivity contribution in [2.24, 2.45) is 10.2 Å². The molecule has 4 aromatic rings. The number of benzene rings is 3. The van der Waals surface area contributed by atoms with Crippen LogP contribution < -0.4 is 5.32 Å². The van der Waals surface area contributed by atoms with Crippen molar-refractivity contribution in [3.05, 3.63) is 95.0 Å². The topological polar surface area (TPSA) is 96.1 Å². The van der Waals surface area contributed by atoms with Crippen LogP contribution in [0.2, 0.25) is 5.02 Å². The van der Waals surface area contributed by atoms with Crippen LogP contribution in [-0.2, 0) is 17.8 Å². The minimum Gasteiger partial charge on any atom is -0.493 e. The number of fused-ring (bicyclic) bond motifs is 1. The maximum absolute atomic E-state index is 12.2. The van der Waals surface area contributed by atoms with Gasteiger partial charge in [-0.05, 0) is 30.2 Å². The van der Waals surface area contributed by atoms with Crippen LogP contribution in [0.3, 0.4) is 0 Å². The SMILES string of the molecule is O=C(CNC(=O)c1ccccc1Cl)N=Nc1c(O)n(CCc2ccccc2)c2ccccc12. The Bertz CT molecular complexity index is 1330. The lowest BCUT2D eigenvalue weighted by molar-refractivity contribution is -0.117. The Kier molecular flexibility index (Phi) is 6.80. The summed E-state index contributed by atoms with van der Waals surface area (Å²) in [7, 11) is 0. The van der Waals surface area contributed by atoms with E-state index in [0.717, 1.165) is 17.5 Å². The van der Waals surface area contributed by atoms with Gasteiger partial charge in [-0.3, -0.25) is 9.59 Å². The molecule has 0 aliphatic heterocycles. The van der Waals surface area contributed by atoms with E-state index in [1.54, 1.807) is 28.8 Å². The maximum atomic E-state index is 12.2. The van der Waals surface area contributed by atoms with Gasteiger partial charge in [0.05, 0.1) is 16.1 Å². The molecule has 4 rings (SSSR count). The summed E-state index contributed by atoms with van der Waals surface area (Å²) in [6, 6.07) is 23.9. The second-order valence-corrected chi connectivity index (χ2v) is 7.74. The van der Waals surface area contributed by atoms with Crippen molar-refractivity contribution in [2.75, 3.05) is 6.54 Å². The van der Waals surface area contributed by atoms with E-state index in [1.165, 1.54) is 0 Å². The molecule has 2 N–H and O–H groups in total. The highest BCUT2D eigenvalue weighted by atomic mass is 35.5. The molecule has 3 aromatic carbocycles. The van der Waals surface area contributed by atoms with Crippen molar-refractivity contribution in [1.29, 1.82) is 0 Å². The lowest BCUT2D eigenvalue weighted by Crippen LogP contribution is -2.28. The predicted molar refractivity (Wildman–Crippen MR) is 127 cm³/mol. The minimum atomic E-state index is -0.657. The largest absolute Gasteiger partial charge is 0.493 e. The molecule has 0 saturated carbocycles. The second kappa shape index (κ2) is 10.1. The Morgan fingerprint density at radius 3 is 2.42 bits per heavy atom. The van der Waals surface area contributed by atoms with E-state index in [0.29, 0.717) is 11.9 Å². The summed E-state index contributed by atoms with van der Waals surface area (Å²) in [5, 5.41) is 22.0. The molecule has 0 radical (unpaired) electrons. The number of nitrogens with one attached hydrogen (secondary N) is 1. The van der Waals surface area contributed by atoms with Crippen LogP contribution in [0.25, 0.3) is 10.9 Å². The number of carbonyl (C=O) groups is 2. The first-order valence-electron chi connectivity index (χ1n) is 10.4. The zero-order valence-corrected chi connectivity index (χ0v) is 18.4. The molecular weight excluding hydrogens is 440 g/mol. The first-order valence-corrected chi connectivity index (χ1v) is 10.7. The third-order valence-corrected chi connectivity index (χ3v) is 5.49. The lowest BCUT2D eigenvalue weighted by atomic mass is 10.1. The molecule has 0 saturated heterocycles. The van der Waals surface area contributed by atoms with Gasteiger partial charge in [0.2, 0.25) is 5.88 Å². The number of hydrogen-bond donors (Lipinski definition) is 2. The molecule has 0 aliphatic rings. The molecular formula is C25H21ClN4O3. The van der Waals surface area contributed by atoms with Crippen LogP contribution in [0.5, 0.6) is 5.88 Å². The molecule has 166 valence electrons. The zero-order chi connectivity index (χ0) is 23.2. The van der Waals surface area contributed by atoms with Crippen LogP contribution >= 0.6 is 11.6 Å². The molecule has 0 atom stereocenters. The third kappa shape index (κ3) is 5.10. The number of hydrogen-bond acceptors (Lipinski definition) is 4. The van der Waals surface area contributed by atoms with Gasteiger partial charge in [-0.15, -0.1) is 10.2 Å². The molecule has 0 bridgehead atoms. The highest BCUT2D eigenvalue weighted by Gasteiger charge is 2.17. The number of amides is 2. The van der Waals surface area contributed by atoms with Gasteiger partial charge >= 0.3 is 0 Å². The van der Waals surface area contributed by atoms with Crippen LogP contribution in [-0.4, -0.2) is 28.0 Å². The van der Waals surface area contributed by atoms with Crippen molar-refractivity contribution in [2.45, 2.75) is 13.0 Å². The van der Waals surface area contributed by atoms with Crippen LogP contribution in [0.4, 0.5) is 5.69 Å². The average Bonchev–Trinajstić information content (AvgIpc) is 3.11. The number of rotatable bonds is 7. The predicted octanol–water partition coefficient (Wildman–Crippen LogP) is 5.28. The fraction of sp³-hybridized carbons (Fsp3) is 0.120. The van der Waals surface area contributed by atoms with Crippen molar-refractivity contribution in [1.82, 2.24) is 9.88 Å². The standard InChI is InChI=1S/C25H21ClN4O3/c26-20-12-6-4-10-18(20)24(32)27-16-22(31)28-29-23-19-11-5-7-13-21(19)30(25(23)33)15-14-17-8-2-1-3-9-17/h1-13,33H,14-16H2,(H,27,32). The van der Waals surface area contributed by atoms with Crippen molar-refractivity contribution >= 4 is 40.0 Å². The highest BCUT2D eigenvalue weighted by Crippen LogP contribution is 2.38. The number of aromatic nitrogens is 1. The first-order chi connectivity index (χ1) is 16.0. The van der Waals surface area contributed by atoms with Gasteiger partial charge in [0.15, 0.2) is 5.69 Å². The molecule has 2 amide bonds. The Balaban J connectivity index is 1.48. The number of halogens is 1. The molecule has 7 nitrogen and oxygen atoms in total. The molecule has 0 aliphatic carbocycles. The summed E-state index contributed by atoms with van der Waals surface area (Å²) in [6.07, 6.45) is 0.719. The van der Waals surface area contributed by atoms with Crippen LogP contribution in [0.15, 0.2) is 89.1 Å². The number of aryl methyl sites for hydroxylation is 2. The van der Waals surface area contributed by atoms with Crippen molar-refractivity contribution in [3.8, 4) is 5.88 Å². The van der Waals surface area contributed by atoms with E-state index in [-0.39, 0.29) is 28.7 Å². The van der Waals surface area contributed by atoms with Crippen molar-refractivity contribution in [3.63, 3.8) is 0 Å². The van der Waals surface area contributed by atoms with Gasteiger partial charge in [0.25, 0.3) is 11.8 Å². The summed E-state index contributed by atoms with van der Waals surface area (Å²) in [4.78, 5) is 24.4. The Hall–Kier alpha value is -3.97. The van der Waals surface area contributed by atoms with Gasteiger partial charge in [0, 0.05) is 11.9 Å². The smallest absolute Gasteiger partial charge is 0.283 e. The fourth-order valence-corrected chi connectivity index (χ4v) is 3.74. The monoisotopic (exact) mass is 460 g/mol. The lowest BCUT2D eigenvalue weighted by Gasteiger charge is -2.07. The normalized spacial score (nSPS) is 11.2. The van der Waals surface area contributed by atoms with Gasteiger partial charge in [-0.25, -0.2) is 0 Å². The Labute approximate surface area is 195 Å². The zero-order valence-electron chi connectivity index (χ0n) is 17.6. The average molecular weight is 461 g/mol. The number of aromatic hydroxyl groups is 1. The van der Waals surface area contributed by atoms with E-state index in [2.05, 4.69) is 15.5 Å². The summed E-state index contributed by atoms with van der Waals surface area (Å²) in [5.74, 6) is -1.20.